The summed E-state index contributed by atoms with van der Waals surface area (Å²) in [6, 6.07) is 17.0. The van der Waals surface area contributed by atoms with Gasteiger partial charge in [-0.3, -0.25) is 14.3 Å². The quantitative estimate of drug-likeness (QED) is 0.689. The van der Waals surface area contributed by atoms with E-state index in [0.29, 0.717) is 29.4 Å². The monoisotopic (exact) mass is 374 g/mol. The second-order valence-electron chi connectivity index (χ2n) is 7.26. The predicted molar refractivity (Wildman–Crippen MR) is 108 cm³/mol. The SMILES string of the molecule is CC1CC1C(=O)Nc1cccc(C(=O)Nc2cnn(Cc3ccccc3)c2)c1. The second kappa shape index (κ2) is 7.68. The van der Waals surface area contributed by atoms with Gasteiger partial charge in [-0.05, 0) is 36.1 Å². The van der Waals surface area contributed by atoms with Crippen LogP contribution in [0.5, 0.6) is 0 Å². The lowest BCUT2D eigenvalue weighted by Gasteiger charge is -2.07. The molecule has 1 saturated carbocycles. The van der Waals surface area contributed by atoms with Crippen LogP contribution in [0, 0.1) is 11.8 Å². The average molecular weight is 374 g/mol. The zero-order valence-corrected chi connectivity index (χ0v) is 15.6. The number of benzene rings is 2. The van der Waals surface area contributed by atoms with Crippen LogP contribution in [0.2, 0.25) is 0 Å². The Kier molecular flexibility index (Phi) is 4.93. The van der Waals surface area contributed by atoms with Gasteiger partial charge in [-0.1, -0.05) is 43.3 Å². The summed E-state index contributed by atoms with van der Waals surface area (Å²) in [5, 5.41) is 10.0. The van der Waals surface area contributed by atoms with Crippen LogP contribution in [0.25, 0.3) is 0 Å². The largest absolute Gasteiger partial charge is 0.326 e. The Morgan fingerprint density at radius 1 is 1.07 bits per heavy atom. The van der Waals surface area contributed by atoms with Crippen LogP contribution >= 0.6 is 0 Å². The molecule has 6 heteroatoms. The van der Waals surface area contributed by atoms with Gasteiger partial charge in [-0.15, -0.1) is 0 Å². The highest BCUT2D eigenvalue weighted by Crippen LogP contribution is 2.38. The van der Waals surface area contributed by atoms with Crippen LogP contribution < -0.4 is 10.6 Å². The maximum atomic E-state index is 12.6. The van der Waals surface area contributed by atoms with Gasteiger partial charge in [0.1, 0.15) is 0 Å². The number of rotatable bonds is 6. The molecular weight excluding hydrogens is 352 g/mol. The normalized spacial score (nSPS) is 17.8. The van der Waals surface area contributed by atoms with Crippen LogP contribution in [0.15, 0.2) is 67.0 Å². The zero-order valence-electron chi connectivity index (χ0n) is 15.6. The number of nitrogens with one attached hydrogen (secondary N) is 2. The maximum Gasteiger partial charge on any atom is 0.255 e. The Morgan fingerprint density at radius 2 is 1.86 bits per heavy atom. The summed E-state index contributed by atoms with van der Waals surface area (Å²) in [4.78, 5) is 24.6. The van der Waals surface area contributed by atoms with E-state index < -0.39 is 0 Å². The molecule has 0 spiro atoms. The van der Waals surface area contributed by atoms with Crippen molar-refractivity contribution in [3.8, 4) is 0 Å². The Bertz CT molecular complexity index is 997. The number of hydrogen-bond donors (Lipinski definition) is 2. The highest BCUT2D eigenvalue weighted by molar-refractivity contribution is 6.05. The summed E-state index contributed by atoms with van der Waals surface area (Å²) in [5.74, 6) is 0.314. The van der Waals surface area contributed by atoms with Crippen molar-refractivity contribution in [1.29, 1.82) is 0 Å². The molecule has 1 aliphatic rings. The van der Waals surface area contributed by atoms with E-state index in [1.165, 1.54) is 0 Å². The fraction of sp³-hybridized carbons (Fsp3) is 0.227. The Labute approximate surface area is 163 Å². The summed E-state index contributed by atoms with van der Waals surface area (Å²) in [6.07, 6.45) is 4.35. The molecule has 1 aromatic heterocycles. The van der Waals surface area contributed by atoms with Gasteiger partial charge in [0.25, 0.3) is 5.91 Å². The van der Waals surface area contributed by atoms with Crippen molar-refractivity contribution in [2.75, 3.05) is 10.6 Å². The Hall–Kier alpha value is -3.41. The second-order valence-corrected chi connectivity index (χ2v) is 7.26. The topological polar surface area (TPSA) is 76.0 Å². The first-order valence-corrected chi connectivity index (χ1v) is 9.37. The number of amides is 2. The highest BCUT2D eigenvalue weighted by Gasteiger charge is 2.39. The van der Waals surface area contributed by atoms with Crippen molar-refractivity contribution in [3.05, 3.63) is 78.1 Å². The lowest BCUT2D eigenvalue weighted by molar-refractivity contribution is -0.117. The number of aromatic nitrogens is 2. The predicted octanol–water partition coefficient (Wildman–Crippen LogP) is 3.78. The van der Waals surface area contributed by atoms with Crippen LogP contribution in [0.1, 0.15) is 29.3 Å². The lowest BCUT2D eigenvalue weighted by atomic mass is 10.2. The third-order valence-electron chi connectivity index (χ3n) is 4.92. The van der Waals surface area contributed by atoms with Gasteiger partial charge in [-0.2, -0.15) is 5.10 Å². The molecule has 142 valence electrons. The van der Waals surface area contributed by atoms with E-state index in [1.807, 2.05) is 30.3 Å². The number of carbonyl (C=O) groups excluding carboxylic acids is 2. The Morgan fingerprint density at radius 3 is 2.61 bits per heavy atom. The molecule has 0 radical (unpaired) electrons. The molecule has 2 atom stereocenters. The fourth-order valence-corrected chi connectivity index (χ4v) is 3.15. The van der Waals surface area contributed by atoms with Gasteiger partial charge in [0, 0.05) is 23.4 Å². The van der Waals surface area contributed by atoms with E-state index in [0.717, 1.165) is 12.0 Å². The third-order valence-corrected chi connectivity index (χ3v) is 4.92. The molecule has 4 rings (SSSR count). The van der Waals surface area contributed by atoms with Crippen molar-refractivity contribution in [2.24, 2.45) is 11.8 Å². The maximum absolute atomic E-state index is 12.6. The van der Waals surface area contributed by atoms with Crippen molar-refractivity contribution < 1.29 is 9.59 Å². The zero-order chi connectivity index (χ0) is 19.5. The van der Waals surface area contributed by atoms with Crippen molar-refractivity contribution in [3.63, 3.8) is 0 Å². The van der Waals surface area contributed by atoms with Gasteiger partial charge in [0.2, 0.25) is 5.91 Å². The molecule has 0 aliphatic heterocycles. The first kappa shape index (κ1) is 18.0. The van der Waals surface area contributed by atoms with Gasteiger partial charge in [0.15, 0.2) is 0 Å². The van der Waals surface area contributed by atoms with Crippen LogP contribution in [-0.2, 0) is 11.3 Å². The summed E-state index contributed by atoms with van der Waals surface area (Å²) in [5.41, 5.74) is 2.88. The smallest absolute Gasteiger partial charge is 0.255 e. The fourth-order valence-electron chi connectivity index (χ4n) is 3.15. The van der Waals surface area contributed by atoms with Crippen LogP contribution in [0.3, 0.4) is 0 Å². The van der Waals surface area contributed by atoms with E-state index in [-0.39, 0.29) is 17.7 Å². The third kappa shape index (κ3) is 4.28. The minimum absolute atomic E-state index is 0.0206. The van der Waals surface area contributed by atoms with E-state index in [1.54, 1.807) is 41.3 Å². The van der Waals surface area contributed by atoms with E-state index >= 15 is 0 Å². The van der Waals surface area contributed by atoms with Gasteiger partial charge in [0.05, 0.1) is 18.4 Å². The molecule has 2 N–H and O–H groups in total. The summed E-state index contributed by atoms with van der Waals surface area (Å²) in [7, 11) is 0. The van der Waals surface area contributed by atoms with Crippen molar-refractivity contribution in [2.45, 2.75) is 19.9 Å². The van der Waals surface area contributed by atoms with E-state index in [9.17, 15) is 9.59 Å². The molecule has 28 heavy (non-hydrogen) atoms. The molecular formula is C22H22N4O2. The first-order chi connectivity index (χ1) is 13.6. The molecule has 2 amide bonds. The molecule has 1 fully saturated rings. The van der Waals surface area contributed by atoms with Crippen molar-refractivity contribution >= 4 is 23.2 Å². The van der Waals surface area contributed by atoms with E-state index in [4.69, 9.17) is 0 Å². The van der Waals surface area contributed by atoms with Gasteiger partial charge < -0.3 is 10.6 Å². The number of carbonyl (C=O) groups is 2. The standard InChI is InChI=1S/C22H22N4O2/c1-15-10-20(15)22(28)24-18-9-5-8-17(11-18)21(27)25-19-12-23-26(14-19)13-16-6-3-2-4-7-16/h2-9,11-12,14-15,20H,10,13H2,1H3,(H,24,28)(H,25,27). The molecule has 1 aliphatic carbocycles. The summed E-state index contributed by atoms with van der Waals surface area (Å²) >= 11 is 0. The number of nitrogens with zero attached hydrogens (tertiary/aromatic N) is 2. The lowest BCUT2D eigenvalue weighted by Crippen LogP contribution is -2.16. The van der Waals surface area contributed by atoms with Crippen molar-refractivity contribution in [1.82, 2.24) is 9.78 Å². The summed E-state index contributed by atoms with van der Waals surface area (Å²) in [6.45, 7) is 2.70. The molecule has 3 aromatic rings. The molecule has 6 nitrogen and oxygen atoms in total. The van der Waals surface area contributed by atoms with Crippen LogP contribution in [-0.4, -0.2) is 21.6 Å². The van der Waals surface area contributed by atoms with Gasteiger partial charge in [-0.25, -0.2) is 0 Å². The minimum atomic E-state index is -0.241. The Balaban J connectivity index is 1.38. The minimum Gasteiger partial charge on any atom is -0.326 e. The number of anilines is 2. The van der Waals surface area contributed by atoms with Gasteiger partial charge >= 0.3 is 0 Å². The van der Waals surface area contributed by atoms with Crippen LogP contribution in [0.4, 0.5) is 11.4 Å². The first-order valence-electron chi connectivity index (χ1n) is 9.37. The highest BCUT2D eigenvalue weighted by atomic mass is 16.2. The average Bonchev–Trinajstić information content (AvgIpc) is 3.28. The molecule has 2 aromatic carbocycles. The van der Waals surface area contributed by atoms with E-state index in [2.05, 4.69) is 22.7 Å². The molecule has 1 heterocycles. The number of hydrogen-bond acceptors (Lipinski definition) is 3. The summed E-state index contributed by atoms with van der Waals surface area (Å²) < 4.78 is 1.78. The molecule has 2 unspecified atom stereocenters. The molecule has 0 saturated heterocycles. The molecule has 0 bridgehead atoms.